The minimum absolute atomic E-state index is 0.0763. The third-order valence-corrected chi connectivity index (χ3v) is 6.17. The van der Waals surface area contributed by atoms with E-state index in [-0.39, 0.29) is 24.3 Å². The molecule has 3 aromatic rings. The first-order valence-electron chi connectivity index (χ1n) is 11.4. The molecule has 1 atom stereocenters. The van der Waals surface area contributed by atoms with Crippen molar-refractivity contribution in [3.8, 4) is 17.2 Å². The molecule has 1 aliphatic rings. The van der Waals surface area contributed by atoms with Gasteiger partial charge in [0, 0.05) is 18.5 Å². The fraction of sp³-hybridized carbons (Fsp3) is 0.286. The predicted octanol–water partition coefficient (Wildman–Crippen LogP) is 4.85. The summed E-state index contributed by atoms with van der Waals surface area (Å²) in [6.07, 6.45) is 1.16. The van der Waals surface area contributed by atoms with Crippen LogP contribution in [0.1, 0.15) is 46.4 Å². The molecule has 34 heavy (non-hydrogen) atoms. The zero-order valence-corrected chi connectivity index (χ0v) is 19.7. The van der Waals surface area contributed by atoms with E-state index < -0.39 is 0 Å². The van der Waals surface area contributed by atoms with Crippen LogP contribution in [0, 0.1) is 0 Å². The smallest absolute Gasteiger partial charge is 0.261 e. The first-order chi connectivity index (χ1) is 16.5. The number of carbonyl (C=O) groups excluding carboxylic acids is 2. The Bertz CT molecular complexity index is 1160. The molecule has 0 fully saturated rings. The highest BCUT2D eigenvalue weighted by Crippen LogP contribution is 2.41. The summed E-state index contributed by atoms with van der Waals surface area (Å²) in [5, 5.41) is 0. The lowest BCUT2D eigenvalue weighted by Crippen LogP contribution is -2.43. The summed E-state index contributed by atoms with van der Waals surface area (Å²) >= 11 is 0. The van der Waals surface area contributed by atoms with Gasteiger partial charge in [0.05, 0.1) is 20.3 Å². The van der Waals surface area contributed by atoms with Crippen LogP contribution >= 0.6 is 0 Å². The molecule has 1 aliphatic heterocycles. The van der Waals surface area contributed by atoms with E-state index in [0.717, 1.165) is 16.7 Å². The summed E-state index contributed by atoms with van der Waals surface area (Å²) in [5.74, 6) is 1.84. The van der Waals surface area contributed by atoms with Gasteiger partial charge < -0.3 is 19.1 Å². The molecule has 0 spiro atoms. The minimum atomic E-state index is -0.259. The van der Waals surface area contributed by atoms with E-state index in [2.05, 4.69) is 0 Å². The van der Waals surface area contributed by atoms with E-state index in [4.69, 9.17) is 14.2 Å². The zero-order chi connectivity index (χ0) is 24.1. The Morgan fingerprint density at radius 1 is 0.941 bits per heavy atom. The molecule has 0 unspecified atom stereocenters. The van der Waals surface area contributed by atoms with E-state index in [1.54, 1.807) is 38.5 Å². The normalized spacial score (nSPS) is 14.8. The van der Waals surface area contributed by atoms with Crippen molar-refractivity contribution in [2.24, 2.45) is 0 Å². The van der Waals surface area contributed by atoms with Crippen molar-refractivity contribution in [1.29, 1.82) is 0 Å². The van der Waals surface area contributed by atoms with Crippen molar-refractivity contribution in [2.75, 3.05) is 27.4 Å². The Labute approximate surface area is 200 Å². The fourth-order valence-electron chi connectivity index (χ4n) is 4.38. The zero-order valence-electron chi connectivity index (χ0n) is 19.7. The maximum absolute atomic E-state index is 13.4. The minimum Gasteiger partial charge on any atom is -0.493 e. The highest BCUT2D eigenvalue weighted by atomic mass is 16.5. The summed E-state index contributed by atoms with van der Waals surface area (Å²) in [6.45, 7) is 2.30. The third-order valence-electron chi connectivity index (χ3n) is 6.17. The van der Waals surface area contributed by atoms with Crippen LogP contribution in [0.15, 0.2) is 66.7 Å². The van der Waals surface area contributed by atoms with Crippen LogP contribution in [-0.2, 0) is 11.2 Å². The van der Waals surface area contributed by atoms with Gasteiger partial charge in [-0.05, 0) is 59.5 Å². The molecule has 1 amide bonds. The number of benzene rings is 3. The summed E-state index contributed by atoms with van der Waals surface area (Å²) in [4.78, 5) is 27.1. The van der Waals surface area contributed by atoms with E-state index >= 15 is 0 Å². The lowest BCUT2D eigenvalue weighted by atomic mass is 9.87. The number of carbonyl (C=O) groups is 2. The van der Waals surface area contributed by atoms with Crippen LogP contribution in [0.2, 0.25) is 0 Å². The number of rotatable bonds is 8. The van der Waals surface area contributed by atoms with Gasteiger partial charge in [-0.1, -0.05) is 37.3 Å². The van der Waals surface area contributed by atoms with Gasteiger partial charge in [-0.15, -0.1) is 0 Å². The molecule has 6 heteroatoms. The largest absolute Gasteiger partial charge is 0.493 e. The van der Waals surface area contributed by atoms with Gasteiger partial charge in [0.1, 0.15) is 5.75 Å². The molecule has 0 aromatic heterocycles. The van der Waals surface area contributed by atoms with Crippen molar-refractivity contribution in [1.82, 2.24) is 4.90 Å². The molecule has 0 saturated carbocycles. The second-order valence-electron chi connectivity index (χ2n) is 8.15. The first kappa shape index (κ1) is 23.4. The quantitative estimate of drug-likeness (QED) is 0.451. The van der Waals surface area contributed by atoms with Gasteiger partial charge in [-0.25, -0.2) is 0 Å². The molecule has 176 valence electrons. The second-order valence-corrected chi connectivity index (χ2v) is 8.15. The number of methoxy groups -OCH3 is 2. The van der Waals surface area contributed by atoms with Crippen LogP contribution in [0.4, 0.5) is 0 Å². The second kappa shape index (κ2) is 10.4. The van der Waals surface area contributed by atoms with Crippen molar-refractivity contribution in [3.63, 3.8) is 0 Å². The van der Waals surface area contributed by atoms with Gasteiger partial charge in [0.15, 0.2) is 23.9 Å². The van der Waals surface area contributed by atoms with Gasteiger partial charge in [-0.2, -0.15) is 0 Å². The van der Waals surface area contributed by atoms with Gasteiger partial charge >= 0.3 is 0 Å². The number of amides is 1. The van der Waals surface area contributed by atoms with Gasteiger partial charge in [-0.3, -0.25) is 9.59 Å². The average Bonchev–Trinajstić information content (AvgIpc) is 2.90. The highest BCUT2D eigenvalue weighted by Gasteiger charge is 2.33. The van der Waals surface area contributed by atoms with Crippen LogP contribution in [0.5, 0.6) is 17.2 Å². The SMILES string of the molecule is CCC(=O)c1ccc(OCC(=O)N2CCc3cc(OC)c(OC)cc3[C@H]2c2ccccc2)cc1. The Kier molecular flexibility index (Phi) is 7.16. The number of nitrogens with zero attached hydrogens (tertiary/aromatic N) is 1. The number of fused-ring (bicyclic) bond motifs is 1. The van der Waals surface area contributed by atoms with Crippen LogP contribution in [0.25, 0.3) is 0 Å². The lowest BCUT2D eigenvalue weighted by Gasteiger charge is -2.38. The van der Waals surface area contributed by atoms with Crippen molar-refractivity contribution < 1.29 is 23.8 Å². The molecule has 1 heterocycles. The summed E-state index contributed by atoms with van der Waals surface area (Å²) < 4.78 is 16.8. The Morgan fingerprint density at radius 3 is 2.26 bits per heavy atom. The van der Waals surface area contributed by atoms with Gasteiger partial charge in [0.2, 0.25) is 0 Å². The van der Waals surface area contributed by atoms with Crippen molar-refractivity contribution in [3.05, 3.63) is 89.0 Å². The third kappa shape index (κ3) is 4.76. The Morgan fingerprint density at radius 2 is 1.62 bits per heavy atom. The van der Waals surface area contributed by atoms with E-state index in [1.807, 2.05) is 54.3 Å². The lowest BCUT2D eigenvalue weighted by molar-refractivity contribution is -0.135. The average molecular weight is 460 g/mol. The molecule has 6 nitrogen and oxygen atoms in total. The van der Waals surface area contributed by atoms with Crippen LogP contribution in [0.3, 0.4) is 0 Å². The van der Waals surface area contributed by atoms with Crippen molar-refractivity contribution >= 4 is 11.7 Å². The maximum Gasteiger partial charge on any atom is 0.261 e. The number of ether oxygens (including phenoxy) is 3. The first-order valence-corrected chi connectivity index (χ1v) is 11.4. The number of hydrogen-bond acceptors (Lipinski definition) is 5. The number of hydrogen-bond donors (Lipinski definition) is 0. The number of ketones is 1. The monoisotopic (exact) mass is 459 g/mol. The maximum atomic E-state index is 13.4. The summed E-state index contributed by atoms with van der Waals surface area (Å²) in [6, 6.07) is 20.6. The molecule has 3 aromatic carbocycles. The van der Waals surface area contributed by atoms with E-state index in [1.165, 1.54) is 0 Å². The number of Topliss-reactive ketones (excluding diaryl/α,β-unsaturated/α-hetero) is 1. The van der Waals surface area contributed by atoms with Crippen LogP contribution in [-0.4, -0.2) is 44.0 Å². The molecule has 0 radical (unpaired) electrons. The molecule has 0 saturated heterocycles. The van der Waals surface area contributed by atoms with Crippen molar-refractivity contribution in [2.45, 2.75) is 25.8 Å². The topological polar surface area (TPSA) is 65.1 Å². The molecule has 4 rings (SSSR count). The van der Waals surface area contributed by atoms with Gasteiger partial charge in [0.25, 0.3) is 5.91 Å². The molecular weight excluding hydrogens is 430 g/mol. The summed E-state index contributed by atoms with van der Waals surface area (Å²) in [5.41, 5.74) is 3.81. The standard InChI is InChI=1S/C28H29NO5/c1-4-24(30)19-10-12-22(13-11-19)34-18-27(31)29-15-14-21-16-25(32-2)26(33-3)17-23(21)28(29)20-8-6-5-7-9-20/h5-13,16-17,28H,4,14-15,18H2,1-3H3/t28-/m1/s1. The summed E-state index contributed by atoms with van der Waals surface area (Å²) in [7, 11) is 3.24. The predicted molar refractivity (Wildman–Crippen MR) is 130 cm³/mol. The molecular formula is C28H29NO5. The van der Waals surface area contributed by atoms with E-state index in [9.17, 15) is 9.59 Å². The molecule has 0 bridgehead atoms. The van der Waals surface area contributed by atoms with E-state index in [0.29, 0.717) is 42.2 Å². The van der Waals surface area contributed by atoms with Crippen LogP contribution < -0.4 is 14.2 Å². The fourth-order valence-corrected chi connectivity index (χ4v) is 4.38. The molecule has 0 N–H and O–H groups in total. The Balaban J connectivity index is 1.59. The highest BCUT2D eigenvalue weighted by molar-refractivity contribution is 5.95. The Hall–Kier alpha value is -3.80. The molecule has 0 aliphatic carbocycles.